The summed E-state index contributed by atoms with van der Waals surface area (Å²) >= 11 is 5.82. The molecule has 0 aromatic heterocycles. The van der Waals surface area contributed by atoms with Crippen molar-refractivity contribution in [1.82, 2.24) is 0 Å². The van der Waals surface area contributed by atoms with Gasteiger partial charge in [-0.2, -0.15) is 8.78 Å². The Balaban J connectivity index is 2.22. The molecule has 2 aromatic carbocycles. The van der Waals surface area contributed by atoms with Gasteiger partial charge in [-0.25, -0.2) is 8.42 Å². The molecule has 0 atom stereocenters. The van der Waals surface area contributed by atoms with Crippen molar-refractivity contribution in [2.75, 3.05) is 16.3 Å². The molecule has 134 valence electrons. The lowest BCUT2D eigenvalue weighted by Crippen LogP contribution is -2.17. The number of nitrogens with one attached hydrogen (secondary N) is 2. The highest BCUT2D eigenvalue weighted by Gasteiger charge is 2.15. The SMILES string of the molecule is CS(=O)(=O)Nc1ccccc1C(=O)Nc1ccc(OC(F)F)c(Cl)c1. The predicted molar refractivity (Wildman–Crippen MR) is 90.9 cm³/mol. The molecule has 25 heavy (non-hydrogen) atoms. The van der Waals surface area contributed by atoms with E-state index in [-0.39, 0.29) is 27.7 Å². The molecule has 0 spiro atoms. The Morgan fingerprint density at radius 2 is 1.88 bits per heavy atom. The van der Waals surface area contributed by atoms with Gasteiger partial charge in [0.05, 0.1) is 22.5 Å². The van der Waals surface area contributed by atoms with Crippen LogP contribution in [-0.4, -0.2) is 27.2 Å². The van der Waals surface area contributed by atoms with Crippen LogP contribution in [0, 0.1) is 0 Å². The van der Waals surface area contributed by atoms with Gasteiger partial charge in [0.1, 0.15) is 5.75 Å². The second-order valence-electron chi connectivity index (χ2n) is 4.90. The van der Waals surface area contributed by atoms with Gasteiger partial charge in [-0.05, 0) is 30.3 Å². The fourth-order valence-electron chi connectivity index (χ4n) is 1.94. The van der Waals surface area contributed by atoms with E-state index in [9.17, 15) is 22.0 Å². The van der Waals surface area contributed by atoms with Crippen LogP contribution in [0.25, 0.3) is 0 Å². The van der Waals surface area contributed by atoms with Gasteiger partial charge >= 0.3 is 6.61 Å². The number of ether oxygens (including phenoxy) is 1. The van der Waals surface area contributed by atoms with E-state index >= 15 is 0 Å². The van der Waals surface area contributed by atoms with Crippen molar-refractivity contribution in [2.24, 2.45) is 0 Å². The summed E-state index contributed by atoms with van der Waals surface area (Å²) in [4.78, 5) is 12.4. The highest BCUT2D eigenvalue weighted by atomic mass is 35.5. The number of anilines is 2. The minimum absolute atomic E-state index is 0.0805. The fraction of sp³-hybridized carbons (Fsp3) is 0.133. The van der Waals surface area contributed by atoms with Crippen LogP contribution in [-0.2, 0) is 10.0 Å². The lowest BCUT2D eigenvalue weighted by Gasteiger charge is -2.12. The zero-order chi connectivity index (χ0) is 18.6. The third kappa shape index (κ3) is 5.57. The van der Waals surface area contributed by atoms with Crippen LogP contribution in [0.5, 0.6) is 5.75 Å². The topological polar surface area (TPSA) is 84.5 Å². The molecule has 0 saturated carbocycles. The maximum absolute atomic E-state index is 12.4. The minimum Gasteiger partial charge on any atom is -0.433 e. The average molecular weight is 391 g/mol. The molecular formula is C15H13ClF2N2O4S. The van der Waals surface area contributed by atoms with Gasteiger partial charge in [-0.15, -0.1) is 0 Å². The highest BCUT2D eigenvalue weighted by molar-refractivity contribution is 7.92. The standard InChI is InChI=1S/C15H13ClF2N2O4S/c1-25(22,23)20-12-5-3-2-4-10(12)14(21)19-9-6-7-13(11(16)8-9)24-15(17)18/h2-8,15,20H,1H3,(H,19,21). The van der Waals surface area contributed by atoms with Crippen LogP contribution in [0.15, 0.2) is 42.5 Å². The fourth-order valence-corrected chi connectivity index (χ4v) is 2.74. The van der Waals surface area contributed by atoms with E-state index in [2.05, 4.69) is 14.8 Å². The van der Waals surface area contributed by atoms with Crippen LogP contribution < -0.4 is 14.8 Å². The molecular weight excluding hydrogens is 378 g/mol. The van der Waals surface area contributed by atoms with Crippen LogP contribution in [0.1, 0.15) is 10.4 Å². The van der Waals surface area contributed by atoms with E-state index in [1.54, 1.807) is 12.1 Å². The third-order valence-electron chi connectivity index (χ3n) is 2.87. The highest BCUT2D eigenvalue weighted by Crippen LogP contribution is 2.29. The average Bonchev–Trinajstić information content (AvgIpc) is 2.48. The molecule has 0 saturated heterocycles. The number of hydrogen-bond acceptors (Lipinski definition) is 4. The quantitative estimate of drug-likeness (QED) is 0.789. The van der Waals surface area contributed by atoms with E-state index < -0.39 is 22.5 Å². The van der Waals surface area contributed by atoms with Crippen molar-refractivity contribution in [2.45, 2.75) is 6.61 Å². The second kappa shape index (κ2) is 7.66. The number of amides is 1. The van der Waals surface area contributed by atoms with Crippen molar-refractivity contribution in [3.63, 3.8) is 0 Å². The van der Waals surface area contributed by atoms with Gasteiger partial charge in [0, 0.05) is 5.69 Å². The maximum Gasteiger partial charge on any atom is 0.387 e. The number of para-hydroxylation sites is 1. The number of sulfonamides is 1. The largest absolute Gasteiger partial charge is 0.433 e. The first-order valence-corrected chi connectivity index (χ1v) is 9.05. The summed E-state index contributed by atoms with van der Waals surface area (Å²) in [6.07, 6.45) is 0.962. The minimum atomic E-state index is -3.57. The molecule has 2 aromatic rings. The first kappa shape index (κ1) is 18.9. The van der Waals surface area contributed by atoms with Crippen molar-refractivity contribution >= 4 is 38.9 Å². The van der Waals surface area contributed by atoms with Gasteiger partial charge in [-0.3, -0.25) is 9.52 Å². The van der Waals surface area contributed by atoms with Crippen LogP contribution in [0.4, 0.5) is 20.2 Å². The summed E-state index contributed by atoms with van der Waals surface area (Å²) in [6.45, 7) is -3.02. The third-order valence-corrected chi connectivity index (χ3v) is 3.76. The molecule has 0 aliphatic heterocycles. The van der Waals surface area contributed by atoms with Gasteiger partial charge in [0.25, 0.3) is 5.91 Å². The van der Waals surface area contributed by atoms with E-state index in [4.69, 9.17) is 11.6 Å². The molecule has 0 radical (unpaired) electrons. The van der Waals surface area contributed by atoms with Gasteiger partial charge in [-0.1, -0.05) is 23.7 Å². The summed E-state index contributed by atoms with van der Waals surface area (Å²) in [6, 6.07) is 9.75. The molecule has 1 amide bonds. The number of benzene rings is 2. The Hall–Kier alpha value is -2.39. The first-order valence-electron chi connectivity index (χ1n) is 6.78. The number of halogens is 3. The zero-order valence-corrected chi connectivity index (χ0v) is 14.4. The van der Waals surface area contributed by atoms with E-state index in [1.165, 1.54) is 30.3 Å². The lowest BCUT2D eigenvalue weighted by atomic mass is 10.1. The summed E-state index contributed by atoms with van der Waals surface area (Å²) in [5.74, 6) is -0.834. The van der Waals surface area contributed by atoms with Crippen molar-refractivity contribution in [3.8, 4) is 5.75 Å². The smallest absolute Gasteiger partial charge is 0.387 e. The van der Waals surface area contributed by atoms with Crippen LogP contribution >= 0.6 is 11.6 Å². The second-order valence-corrected chi connectivity index (χ2v) is 7.05. The molecule has 2 rings (SSSR count). The zero-order valence-electron chi connectivity index (χ0n) is 12.8. The van der Waals surface area contributed by atoms with E-state index in [1.807, 2.05) is 0 Å². The Bertz CT molecular complexity index is 891. The number of carbonyl (C=O) groups excluding carboxylic acids is 1. The Morgan fingerprint density at radius 1 is 1.20 bits per heavy atom. The molecule has 0 heterocycles. The van der Waals surface area contributed by atoms with E-state index in [0.29, 0.717) is 0 Å². The predicted octanol–water partition coefficient (Wildman–Crippen LogP) is 3.57. The number of carbonyl (C=O) groups is 1. The van der Waals surface area contributed by atoms with Gasteiger partial charge in [0.2, 0.25) is 10.0 Å². The molecule has 0 aliphatic rings. The summed E-state index contributed by atoms with van der Waals surface area (Å²) in [5.41, 5.74) is 0.411. The molecule has 0 unspecified atom stereocenters. The normalized spacial score (nSPS) is 11.2. The molecule has 10 heteroatoms. The van der Waals surface area contributed by atoms with E-state index in [0.717, 1.165) is 6.26 Å². The molecule has 0 fully saturated rings. The Labute approximate surface area is 147 Å². The number of alkyl halides is 2. The van der Waals surface area contributed by atoms with Crippen molar-refractivity contribution < 1.29 is 26.7 Å². The lowest BCUT2D eigenvalue weighted by molar-refractivity contribution is -0.0497. The van der Waals surface area contributed by atoms with Crippen molar-refractivity contribution in [1.29, 1.82) is 0 Å². The first-order chi connectivity index (χ1) is 11.7. The Morgan fingerprint density at radius 3 is 2.48 bits per heavy atom. The van der Waals surface area contributed by atoms with Crippen molar-refractivity contribution in [3.05, 3.63) is 53.1 Å². The molecule has 0 aliphatic carbocycles. The number of hydrogen-bond donors (Lipinski definition) is 2. The van der Waals surface area contributed by atoms with Crippen LogP contribution in [0.2, 0.25) is 5.02 Å². The summed E-state index contributed by atoms with van der Waals surface area (Å²) < 4.78 is 53.6. The number of rotatable bonds is 6. The molecule has 2 N–H and O–H groups in total. The Kier molecular flexibility index (Phi) is 5.81. The van der Waals surface area contributed by atoms with Gasteiger partial charge in [0.15, 0.2) is 0 Å². The summed E-state index contributed by atoms with van der Waals surface area (Å²) in [7, 11) is -3.57. The summed E-state index contributed by atoms with van der Waals surface area (Å²) in [5, 5.41) is 2.39. The maximum atomic E-state index is 12.4. The monoisotopic (exact) mass is 390 g/mol. The molecule has 6 nitrogen and oxygen atoms in total. The van der Waals surface area contributed by atoms with Gasteiger partial charge < -0.3 is 10.1 Å². The van der Waals surface area contributed by atoms with Crippen LogP contribution in [0.3, 0.4) is 0 Å². The molecule has 0 bridgehead atoms.